The molecule has 1 saturated carbocycles. The van der Waals surface area contributed by atoms with Gasteiger partial charge < -0.3 is 15.0 Å². The molecule has 2 aliphatic heterocycles. The molecule has 1 saturated heterocycles. The Morgan fingerprint density at radius 2 is 2.37 bits per heavy atom. The zero-order valence-corrected chi connectivity index (χ0v) is 11.5. The van der Waals surface area contributed by atoms with Crippen LogP contribution in [0.4, 0.5) is 5.82 Å². The lowest BCUT2D eigenvalue weighted by atomic mass is 9.97. The van der Waals surface area contributed by atoms with E-state index in [-0.39, 0.29) is 5.60 Å². The van der Waals surface area contributed by atoms with Crippen molar-refractivity contribution in [2.75, 3.05) is 24.6 Å². The van der Waals surface area contributed by atoms with Gasteiger partial charge in [0.05, 0.1) is 12.2 Å². The van der Waals surface area contributed by atoms with Gasteiger partial charge in [-0.25, -0.2) is 4.98 Å². The van der Waals surface area contributed by atoms with Gasteiger partial charge in [-0.15, -0.1) is 0 Å². The molecular weight excluding hydrogens is 238 g/mol. The SMILES string of the molecule is CC1Cc2c(ccnc2N2CCOC3(CC3)C2)CN1. The molecule has 102 valence electrons. The lowest BCUT2D eigenvalue weighted by Crippen LogP contribution is -2.45. The van der Waals surface area contributed by atoms with Crippen LogP contribution in [0.5, 0.6) is 0 Å². The molecule has 1 aromatic heterocycles. The molecule has 19 heavy (non-hydrogen) atoms. The minimum atomic E-state index is 0.168. The Labute approximate surface area is 114 Å². The maximum atomic E-state index is 5.91. The number of hydrogen-bond acceptors (Lipinski definition) is 4. The van der Waals surface area contributed by atoms with Crippen molar-refractivity contribution in [3.8, 4) is 0 Å². The van der Waals surface area contributed by atoms with Gasteiger partial charge >= 0.3 is 0 Å². The van der Waals surface area contributed by atoms with Crippen LogP contribution in [0.15, 0.2) is 12.3 Å². The number of anilines is 1. The summed E-state index contributed by atoms with van der Waals surface area (Å²) in [6.45, 7) is 6.08. The first kappa shape index (κ1) is 11.7. The quantitative estimate of drug-likeness (QED) is 0.829. The zero-order chi connectivity index (χ0) is 12.9. The highest BCUT2D eigenvalue weighted by Crippen LogP contribution is 2.43. The summed E-state index contributed by atoms with van der Waals surface area (Å²) < 4.78 is 5.91. The van der Waals surface area contributed by atoms with Crippen LogP contribution in [-0.4, -0.2) is 36.3 Å². The van der Waals surface area contributed by atoms with E-state index in [4.69, 9.17) is 4.74 Å². The van der Waals surface area contributed by atoms with Crippen molar-refractivity contribution in [3.05, 3.63) is 23.4 Å². The van der Waals surface area contributed by atoms with Gasteiger partial charge in [-0.1, -0.05) is 0 Å². The molecule has 3 aliphatic rings. The second-order valence-corrected chi connectivity index (χ2v) is 6.21. The minimum absolute atomic E-state index is 0.168. The third kappa shape index (κ3) is 2.03. The molecule has 1 unspecified atom stereocenters. The van der Waals surface area contributed by atoms with Gasteiger partial charge in [0, 0.05) is 37.4 Å². The number of hydrogen-bond donors (Lipinski definition) is 1. The maximum absolute atomic E-state index is 5.91. The predicted octanol–water partition coefficient (Wildman–Crippen LogP) is 1.48. The summed E-state index contributed by atoms with van der Waals surface area (Å²) in [6, 6.07) is 2.71. The van der Waals surface area contributed by atoms with Crippen LogP contribution in [0, 0.1) is 0 Å². The van der Waals surface area contributed by atoms with E-state index in [9.17, 15) is 0 Å². The average molecular weight is 259 g/mol. The van der Waals surface area contributed by atoms with Crippen LogP contribution in [0.3, 0.4) is 0 Å². The van der Waals surface area contributed by atoms with Crippen molar-refractivity contribution in [3.63, 3.8) is 0 Å². The third-order valence-corrected chi connectivity index (χ3v) is 4.64. The summed E-state index contributed by atoms with van der Waals surface area (Å²) in [5.74, 6) is 1.21. The molecular formula is C15H21N3O. The third-order valence-electron chi connectivity index (χ3n) is 4.64. The number of pyridine rings is 1. The Kier molecular flexibility index (Phi) is 2.57. The van der Waals surface area contributed by atoms with Gasteiger partial charge in [-0.05, 0) is 37.8 Å². The smallest absolute Gasteiger partial charge is 0.132 e. The van der Waals surface area contributed by atoms with Gasteiger partial charge in [-0.2, -0.15) is 0 Å². The standard InChI is InChI=1S/C15H21N3O/c1-11-8-13-12(9-17-11)2-5-16-14(13)18-6-7-19-15(10-18)3-4-15/h2,5,11,17H,3-4,6-10H2,1H3. The fourth-order valence-electron chi connectivity index (χ4n) is 3.31. The predicted molar refractivity (Wildman–Crippen MR) is 74.4 cm³/mol. The van der Waals surface area contributed by atoms with Gasteiger partial charge in [0.25, 0.3) is 0 Å². The number of nitrogens with one attached hydrogen (secondary N) is 1. The maximum Gasteiger partial charge on any atom is 0.132 e. The Bertz CT molecular complexity index is 498. The first-order valence-electron chi connectivity index (χ1n) is 7.35. The molecule has 0 aromatic carbocycles. The van der Waals surface area contributed by atoms with E-state index in [2.05, 4.69) is 28.2 Å². The lowest BCUT2D eigenvalue weighted by molar-refractivity contribution is 0.0203. The summed E-state index contributed by atoms with van der Waals surface area (Å²) in [7, 11) is 0. The normalized spacial score (nSPS) is 28.3. The molecule has 4 nitrogen and oxygen atoms in total. The minimum Gasteiger partial charge on any atom is -0.371 e. The van der Waals surface area contributed by atoms with E-state index < -0.39 is 0 Å². The monoisotopic (exact) mass is 259 g/mol. The van der Waals surface area contributed by atoms with Gasteiger partial charge in [-0.3, -0.25) is 0 Å². The van der Waals surface area contributed by atoms with Crippen molar-refractivity contribution in [2.24, 2.45) is 0 Å². The topological polar surface area (TPSA) is 37.4 Å². The molecule has 0 bridgehead atoms. The lowest BCUT2D eigenvalue weighted by Gasteiger charge is -2.36. The molecule has 1 aliphatic carbocycles. The Hall–Kier alpha value is -1.13. The van der Waals surface area contributed by atoms with Crippen molar-refractivity contribution in [2.45, 2.75) is 44.4 Å². The zero-order valence-electron chi connectivity index (χ0n) is 11.5. The van der Waals surface area contributed by atoms with Gasteiger partial charge in [0.15, 0.2) is 0 Å². The van der Waals surface area contributed by atoms with E-state index in [0.29, 0.717) is 6.04 Å². The number of morpholine rings is 1. The average Bonchev–Trinajstić information content (AvgIpc) is 3.17. The summed E-state index contributed by atoms with van der Waals surface area (Å²) in [5, 5.41) is 3.53. The van der Waals surface area contributed by atoms with Gasteiger partial charge in [0.1, 0.15) is 5.82 Å². The highest BCUT2D eigenvalue weighted by atomic mass is 16.5. The summed E-state index contributed by atoms with van der Waals surface area (Å²) in [6.07, 6.45) is 5.48. The van der Waals surface area contributed by atoms with E-state index in [0.717, 1.165) is 32.7 Å². The number of fused-ring (bicyclic) bond motifs is 1. The van der Waals surface area contributed by atoms with E-state index in [1.54, 1.807) is 0 Å². The van der Waals surface area contributed by atoms with E-state index in [1.165, 1.54) is 29.8 Å². The molecule has 2 fully saturated rings. The molecule has 1 aromatic rings. The molecule has 4 heteroatoms. The van der Waals surface area contributed by atoms with Crippen LogP contribution in [-0.2, 0) is 17.7 Å². The molecule has 0 amide bonds. The van der Waals surface area contributed by atoms with Crippen LogP contribution < -0.4 is 10.2 Å². The van der Waals surface area contributed by atoms with Crippen LogP contribution in [0.25, 0.3) is 0 Å². The van der Waals surface area contributed by atoms with Gasteiger partial charge in [0.2, 0.25) is 0 Å². The fraction of sp³-hybridized carbons (Fsp3) is 0.667. The fourth-order valence-corrected chi connectivity index (χ4v) is 3.31. The summed E-state index contributed by atoms with van der Waals surface area (Å²) in [5.41, 5.74) is 3.03. The first-order chi connectivity index (χ1) is 9.26. The molecule has 4 rings (SSSR count). The Balaban J connectivity index is 1.67. The highest BCUT2D eigenvalue weighted by Gasteiger charge is 2.48. The molecule has 1 atom stereocenters. The molecule has 1 N–H and O–H groups in total. The Morgan fingerprint density at radius 3 is 3.21 bits per heavy atom. The second-order valence-electron chi connectivity index (χ2n) is 6.21. The van der Waals surface area contributed by atoms with Crippen molar-refractivity contribution >= 4 is 5.82 Å². The summed E-state index contributed by atoms with van der Waals surface area (Å²) >= 11 is 0. The van der Waals surface area contributed by atoms with Crippen LogP contribution in [0.1, 0.15) is 30.9 Å². The number of aromatic nitrogens is 1. The van der Waals surface area contributed by atoms with Crippen molar-refractivity contribution in [1.82, 2.24) is 10.3 Å². The van der Waals surface area contributed by atoms with E-state index >= 15 is 0 Å². The summed E-state index contributed by atoms with van der Waals surface area (Å²) in [4.78, 5) is 7.14. The van der Waals surface area contributed by atoms with Crippen LogP contribution in [0.2, 0.25) is 0 Å². The molecule has 0 radical (unpaired) electrons. The number of ether oxygens (including phenoxy) is 1. The molecule has 3 heterocycles. The van der Waals surface area contributed by atoms with Crippen molar-refractivity contribution in [1.29, 1.82) is 0 Å². The van der Waals surface area contributed by atoms with Crippen molar-refractivity contribution < 1.29 is 4.74 Å². The van der Waals surface area contributed by atoms with E-state index in [1.807, 2.05) is 6.20 Å². The first-order valence-corrected chi connectivity index (χ1v) is 7.35. The number of nitrogens with zero attached hydrogens (tertiary/aromatic N) is 2. The second kappa shape index (κ2) is 4.18. The largest absolute Gasteiger partial charge is 0.371 e. The molecule has 1 spiro atoms. The highest BCUT2D eigenvalue weighted by molar-refractivity contribution is 5.53. The Morgan fingerprint density at radius 1 is 1.47 bits per heavy atom. The van der Waals surface area contributed by atoms with Crippen LogP contribution >= 0.6 is 0 Å². The number of rotatable bonds is 1.